The van der Waals surface area contributed by atoms with E-state index < -0.39 is 16.5 Å². The number of aromatic nitrogens is 2. The minimum Gasteiger partial charge on any atom is -0.506 e. The van der Waals surface area contributed by atoms with Crippen molar-refractivity contribution in [3.05, 3.63) is 74.2 Å². The Bertz CT molecular complexity index is 1210. The molecule has 0 fully saturated rings. The third-order valence-corrected chi connectivity index (χ3v) is 4.27. The van der Waals surface area contributed by atoms with Crippen LogP contribution >= 0.6 is 0 Å². The van der Waals surface area contributed by atoms with Gasteiger partial charge in [0.25, 0.3) is 11.2 Å². The van der Waals surface area contributed by atoms with Crippen LogP contribution in [0.4, 0.5) is 17.1 Å². The summed E-state index contributed by atoms with van der Waals surface area (Å²) in [6.45, 7) is 3.83. The molecular formula is C20H19N5O6. The fourth-order valence-electron chi connectivity index (χ4n) is 2.67. The second-order valence-electron chi connectivity index (χ2n) is 6.54. The maximum absolute atomic E-state index is 12.7. The Morgan fingerprint density at radius 2 is 1.94 bits per heavy atom. The van der Waals surface area contributed by atoms with Crippen LogP contribution in [0.1, 0.15) is 29.4 Å². The molecule has 0 unspecified atom stereocenters. The van der Waals surface area contributed by atoms with Crippen LogP contribution in [0.3, 0.4) is 0 Å². The Morgan fingerprint density at radius 3 is 2.58 bits per heavy atom. The molecule has 1 heterocycles. The van der Waals surface area contributed by atoms with E-state index in [1.54, 1.807) is 19.1 Å². The zero-order valence-electron chi connectivity index (χ0n) is 16.7. The number of aromatic amines is 1. The molecule has 0 aliphatic carbocycles. The molecular weight excluding hydrogens is 406 g/mol. The van der Waals surface area contributed by atoms with Crippen molar-refractivity contribution < 1.29 is 19.6 Å². The average Bonchev–Trinajstić information content (AvgIpc) is 3.04. The number of aromatic hydroxyl groups is 1. The number of nitro groups is 1. The molecule has 2 N–H and O–H groups in total. The molecule has 0 radical (unpaired) electrons. The molecule has 31 heavy (non-hydrogen) atoms. The summed E-state index contributed by atoms with van der Waals surface area (Å²) in [5.74, 6) is -0.761. The Labute approximate surface area is 175 Å². The quantitative estimate of drug-likeness (QED) is 0.252. The van der Waals surface area contributed by atoms with Gasteiger partial charge in [-0.3, -0.25) is 20.0 Å². The zero-order chi connectivity index (χ0) is 22.5. The summed E-state index contributed by atoms with van der Waals surface area (Å²) in [6.07, 6.45) is 0.715. The first kappa shape index (κ1) is 21.4. The highest BCUT2D eigenvalue weighted by molar-refractivity contribution is 5.89. The highest BCUT2D eigenvalue weighted by Crippen LogP contribution is 2.31. The third kappa shape index (κ3) is 4.66. The molecule has 0 aliphatic heterocycles. The normalized spacial score (nSPS) is 11.0. The number of H-pyrrole nitrogens is 1. The number of rotatable bonds is 7. The molecule has 0 bridgehead atoms. The summed E-state index contributed by atoms with van der Waals surface area (Å²) in [5, 5.41) is 31.2. The number of nitro benzene ring substituents is 1. The van der Waals surface area contributed by atoms with E-state index >= 15 is 0 Å². The van der Waals surface area contributed by atoms with E-state index in [1.807, 2.05) is 6.92 Å². The Balaban J connectivity index is 1.89. The number of phenolic OH excluding ortho intramolecular Hbond substituents is 1. The average molecular weight is 425 g/mol. The molecule has 0 amide bonds. The van der Waals surface area contributed by atoms with Crippen LogP contribution in [0.2, 0.25) is 0 Å². The molecule has 0 atom stereocenters. The number of azo groups is 1. The monoisotopic (exact) mass is 425 g/mol. The van der Waals surface area contributed by atoms with Crippen molar-refractivity contribution in [2.75, 3.05) is 6.61 Å². The van der Waals surface area contributed by atoms with Gasteiger partial charge in [0.2, 0.25) is 0 Å². The van der Waals surface area contributed by atoms with Crippen molar-refractivity contribution in [2.45, 2.75) is 20.3 Å². The van der Waals surface area contributed by atoms with Crippen LogP contribution in [0.5, 0.6) is 5.75 Å². The lowest BCUT2D eigenvalue weighted by molar-refractivity contribution is -0.384. The molecule has 160 valence electrons. The Morgan fingerprint density at radius 1 is 1.23 bits per heavy atom. The molecule has 0 aliphatic rings. The van der Waals surface area contributed by atoms with E-state index in [0.29, 0.717) is 30.0 Å². The van der Waals surface area contributed by atoms with Gasteiger partial charge in [0.1, 0.15) is 11.4 Å². The summed E-state index contributed by atoms with van der Waals surface area (Å²) in [7, 11) is 0. The number of carbonyl (C=O) groups excluding carboxylic acids is 1. The van der Waals surface area contributed by atoms with E-state index in [4.69, 9.17) is 4.74 Å². The van der Waals surface area contributed by atoms with Gasteiger partial charge in [0.05, 0.1) is 28.5 Å². The van der Waals surface area contributed by atoms with Crippen molar-refractivity contribution in [3.8, 4) is 11.4 Å². The van der Waals surface area contributed by atoms with E-state index in [9.17, 15) is 24.8 Å². The predicted molar refractivity (Wildman–Crippen MR) is 111 cm³/mol. The number of nitrogens with one attached hydrogen (secondary N) is 1. The summed E-state index contributed by atoms with van der Waals surface area (Å²) in [5.41, 5.74) is 0.243. The minimum absolute atomic E-state index is 0.0302. The number of hydrogen-bond donors (Lipinski definition) is 2. The van der Waals surface area contributed by atoms with Crippen molar-refractivity contribution in [3.63, 3.8) is 0 Å². The first-order valence-corrected chi connectivity index (χ1v) is 9.30. The number of benzene rings is 2. The zero-order valence-corrected chi connectivity index (χ0v) is 16.7. The molecule has 3 rings (SSSR count). The second-order valence-corrected chi connectivity index (χ2v) is 6.54. The van der Waals surface area contributed by atoms with Gasteiger partial charge in [-0.05, 0) is 43.7 Å². The van der Waals surface area contributed by atoms with Gasteiger partial charge in [0.15, 0.2) is 5.69 Å². The number of aryl methyl sites for hydroxylation is 1. The summed E-state index contributed by atoms with van der Waals surface area (Å²) < 4.78 is 6.29. The van der Waals surface area contributed by atoms with Gasteiger partial charge in [-0.15, -0.1) is 10.2 Å². The predicted octanol–water partition coefficient (Wildman–Crippen LogP) is 4.07. The number of phenols is 1. The highest BCUT2D eigenvalue weighted by Gasteiger charge is 2.15. The van der Waals surface area contributed by atoms with Gasteiger partial charge in [0, 0.05) is 12.1 Å². The molecule has 0 saturated heterocycles. The van der Waals surface area contributed by atoms with Gasteiger partial charge in [-0.2, -0.15) is 0 Å². The van der Waals surface area contributed by atoms with E-state index in [1.165, 1.54) is 16.8 Å². The van der Waals surface area contributed by atoms with E-state index in [-0.39, 0.29) is 22.8 Å². The summed E-state index contributed by atoms with van der Waals surface area (Å²) in [4.78, 5) is 34.9. The van der Waals surface area contributed by atoms with Gasteiger partial charge in [-0.25, -0.2) is 9.48 Å². The number of hydrogen-bond acceptors (Lipinski definition) is 8. The maximum atomic E-state index is 12.7. The van der Waals surface area contributed by atoms with Crippen molar-refractivity contribution in [2.24, 2.45) is 10.2 Å². The largest absolute Gasteiger partial charge is 0.506 e. The molecule has 0 saturated carbocycles. The number of esters is 1. The fourth-order valence-corrected chi connectivity index (χ4v) is 2.67. The van der Waals surface area contributed by atoms with Crippen LogP contribution in [0.25, 0.3) is 5.69 Å². The van der Waals surface area contributed by atoms with Crippen molar-refractivity contribution in [1.82, 2.24) is 9.78 Å². The Hall–Kier alpha value is -4.28. The highest BCUT2D eigenvalue weighted by atomic mass is 16.6. The number of nitrogens with zero attached hydrogens (tertiary/aromatic N) is 4. The summed E-state index contributed by atoms with van der Waals surface area (Å²) >= 11 is 0. The second kappa shape index (κ2) is 9.03. The number of carbonyl (C=O) groups is 1. The number of non-ortho nitro benzene ring substituents is 1. The first-order valence-electron chi connectivity index (χ1n) is 9.30. The molecule has 11 heteroatoms. The maximum Gasteiger partial charge on any atom is 0.338 e. The first-order chi connectivity index (χ1) is 14.8. The SMILES string of the molecule is CCCOC(=O)c1ccc(-n2[nH]c(C)c(N=Nc3cc([N+](=O)[O-])ccc3O)c2=O)cc1. The lowest BCUT2D eigenvalue weighted by Gasteiger charge is -2.05. The standard InChI is InChI=1S/C20H19N5O6/c1-3-10-31-20(28)13-4-6-14(7-5-13)24-19(27)18(12(2)23-24)22-21-16-11-15(25(29)30)8-9-17(16)26/h4-9,11,23,26H,3,10H2,1-2H3. The number of ether oxygens (including phenoxy) is 1. The third-order valence-electron chi connectivity index (χ3n) is 4.27. The fraction of sp³-hybridized carbons (Fsp3) is 0.200. The van der Waals surface area contributed by atoms with E-state index in [2.05, 4.69) is 15.3 Å². The topological polar surface area (TPSA) is 152 Å². The van der Waals surface area contributed by atoms with Crippen molar-refractivity contribution >= 4 is 23.0 Å². The van der Waals surface area contributed by atoms with Gasteiger partial charge < -0.3 is 9.84 Å². The molecule has 0 spiro atoms. The smallest absolute Gasteiger partial charge is 0.338 e. The molecule has 2 aromatic carbocycles. The molecule has 3 aromatic rings. The lowest BCUT2D eigenvalue weighted by atomic mass is 10.2. The van der Waals surface area contributed by atoms with Crippen LogP contribution in [-0.2, 0) is 4.74 Å². The van der Waals surface area contributed by atoms with Crippen LogP contribution in [0, 0.1) is 17.0 Å². The van der Waals surface area contributed by atoms with Crippen LogP contribution in [-0.4, -0.2) is 32.4 Å². The van der Waals surface area contributed by atoms with Crippen molar-refractivity contribution in [1.29, 1.82) is 0 Å². The van der Waals surface area contributed by atoms with Crippen LogP contribution in [0.15, 0.2) is 57.5 Å². The Kier molecular flexibility index (Phi) is 6.24. The van der Waals surface area contributed by atoms with E-state index in [0.717, 1.165) is 18.2 Å². The van der Waals surface area contributed by atoms with Crippen LogP contribution < -0.4 is 5.56 Å². The van der Waals surface area contributed by atoms with Gasteiger partial charge in [-0.1, -0.05) is 6.92 Å². The minimum atomic E-state index is -0.630. The lowest BCUT2D eigenvalue weighted by Crippen LogP contribution is -2.14. The molecule has 11 nitrogen and oxygen atoms in total. The summed E-state index contributed by atoms with van der Waals surface area (Å²) in [6, 6.07) is 9.54. The van der Waals surface area contributed by atoms with Gasteiger partial charge >= 0.3 is 5.97 Å². The molecule has 1 aromatic heterocycles.